The Bertz CT molecular complexity index is 964. The van der Waals surface area contributed by atoms with Crippen LogP contribution >= 0.6 is 0 Å². The van der Waals surface area contributed by atoms with Crippen molar-refractivity contribution in [2.24, 2.45) is 0 Å². The Labute approximate surface area is 181 Å². The second-order valence-electron chi connectivity index (χ2n) is 8.03. The highest BCUT2D eigenvalue weighted by atomic mass is 16.5. The maximum Gasteiger partial charge on any atom is 0.123 e. The second-order valence-corrected chi connectivity index (χ2v) is 8.03. The van der Waals surface area contributed by atoms with Crippen LogP contribution in [0, 0.1) is 13.8 Å². The van der Waals surface area contributed by atoms with Crippen LogP contribution in [-0.4, -0.2) is 24.0 Å². The van der Waals surface area contributed by atoms with Gasteiger partial charge in [-0.1, -0.05) is 50.2 Å². The molecule has 158 valence electrons. The molecule has 0 saturated carbocycles. The Balaban J connectivity index is 1.89. The van der Waals surface area contributed by atoms with E-state index in [4.69, 9.17) is 9.72 Å². The molecule has 3 heteroatoms. The van der Waals surface area contributed by atoms with Gasteiger partial charge in [-0.05, 0) is 68.1 Å². The summed E-state index contributed by atoms with van der Waals surface area (Å²) in [6, 6.07) is 17.1. The lowest BCUT2D eigenvalue weighted by atomic mass is 9.93. The summed E-state index contributed by atoms with van der Waals surface area (Å²) in [4.78, 5) is 7.39. The van der Waals surface area contributed by atoms with Crippen LogP contribution in [0.3, 0.4) is 0 Å². The van der Waals surface area contributed by atoms with Gasteiger partial charge in [-0.15, -0.1) is 0 Å². The van der Waals surface area contributed by atoms with Crippen LogP contribution in [0.15, 0.2) is 48.5 Å². The van der Waals surface area contributed by atoms with Crippen LogP contribution < -0.4 is 4.74 Å². The quantitative estimate of drug-likeness (QED) is 0.453. The van der Waals surface area contributed by atoms with E-state index in [1.807, 2.05) is 12.1 Å². The van der Waals surface area contributed by atoms with Gasteiger partial charge in [0.05, 0.1) is 12.8 Å². The first kappa shape index (κ1) is 22.0. The van der Waals surface area contributed by atoms with Crippen molar-refractivity contribution in [1.82, 2.24) is 9.88 Å². The molecule has 1 heterocycles. The summed E-state index contributed by atoms with van der Waals surface area (Å²) in [6.07, 6.45) is 2.04. The first-order valence-electron chi connectivity index (χ1n) is 10.9. The van der Waals surface area contributed by atoms with Gasteiger partial charge in [0.2, 0.25) is 0 Å². The molecule has 3 aromatic rings. The predicted octanol–water partition coefficient (Wildman–Crippen LogP) is 6.13. The molecule has 0 radical (unpaired) electrons. The molecule has 0 amide bonds. The zero-order valence-electron chi connectivity index (χ0n) is 19.2. The van der Waals surface area contributed by atoms with E-state index in [1.165, 1.54) is 33.4 Å². The molecule has 0 spiro atoms. The Hall–Kier alpha value is -2.65. The summed E-state index contributed by atoms with van der Waals surface area (Å²) in [5, 5.41) is 0. The van der Waals surface area contributed by atoms with E-state index < -0.39 is 0 Å². The van der Waals surface area contributed by atoms with Crippen LogP contribution in [0.4, 0.5) is 0 Å². The summed E-state index contributed by atoms with van der Waals surface area (Å²) >= 11 is 0. The fourth-order valence-corrected chi connectivity index (χ4v) is 4.25. The average molecular weight is 403 g/mol. The van der Waals surface area contributed by atoms with E-state index in [0.29, 0.717) is 0 Å². The minimum absolute atomic E-state index is 0.837. The molecule has 0 unspecified atom stereocenters. The van der Waals surface area contributed by atoms with Gasteiger partial charge >= 0.3 is 0 Å². The number of ether oxygens (including phenoxy) is 1. The molecule has 0 fully saturated rings. The van der Waals surface area contributed by atoms with Crippen molar-refractivity contribution in [3.8, 4) is 17.0 Å². The Morgan fingerprint density at radius 2 is 1.50 bits per heavy atom. The minimum Gasteiger partial charge on any atom is -0.496 e. The number of pyridine rings is 1. The first-order chi connectivity index (χ1) is 14.5. The van der Waals surface area contributed by atoms with E-state index in [2.05, 4.69) is 76.0 Å². The van der Waals surface area contributed by atoms with Crippen LogP contribution in [0.2, 0.25) is 0 Å². The molecular weight excluding hydrogens is 368 g/mol. The predicted molar refractivity (Wildman–Crippen MR) is 126 cm³/mol. The van der Waals surface area contributed by atoms with Crippen molar-refractivity contribution in [3.63, 3.8) is 0 Å². The second kappa shape index (κ2) is 9.90. The normalized spacial score (nSPS) is 11.2. The van der Waals surface area contributed by atoms with Crippen molar-refractivity contribution in [2.75, 3.05) is 14.2 Å². The van der Waals surface area contributed by atoms with E-state index in [0.717, 1.165) is 43.1 Å². The number of hydrogen-bond acceptors (Lipinski definition) is 3. The van der Waals surface area contributed by atoms with Crippen LogP contribution in [-0.2, 0) is 25.9 Å². The molecule has 3 nitrogen and oxygen atoms in total. The van der Waals surface area contributed by atoms with E-state index in [9.17, 15) is 0 Å². The molecule has 0 aliphatic carbocycles. The lowest BCUT2D eigenvalue weighted by Gasteiger charge is -2.22. The molecule has 2 aromatic carbocycles. The van der Waals surface area contributed by atoms with Crippen molar-refractivity contribution < 1.29 is 4.74 Å². The van der Waals surface area contributed by atoms with Crippen LogP contribution in [0.1, 0.15) is 47.4 Å². The Kier molecular flexibility index (Phi) is 7.28. The number of hydrogen-bond donors (Lipinski definition) is 0. The third kappa shape index (κ3) is 4.73. The molecule has 0 aliphatic rings. The van der Waals surface area contributed by atoms with Gasteiger partial charge in [-0.25, -0.2) is 0 Å². The summed E-state index contributed by atoms with van der Waals surface area (Å²) < 4.78 is 5.51. The minimum atomic E-state index is 0.837. The van der Waals surface area contributed by atoms with Gasteiger partial charge in [0.25, 0.3) is 0 Å². The lowest BCUT2D eigenvalue weighted by Crippen LogP contribution is -2.19. The number of rotatable bonds is 8. The lowest BCUT2D eigenvalue weighted by molar-refractivity contribution is 0.308. The third-order valence-electron chi connectivity index (χ3n) is 5.87. The van der Waals surface area contributed by atoms with Gasteiger partial charge in [-0.2, -0.15) is 0 Å². The van der Waals surface area contributed by atoms with Crippen LogP contribution in [0.25, 0.3) is 11.3 Å². The van der Waals surface area contributed by atoms with E-state index >= 15 is 0 Å². The van der Waals surface area contributed by atoms with Gasteiger partial charge < -0.3 is 4.74 Å². The molecule has 0 bridgehead atoms. The summed E-state index contributed by atoms with van der Waals surface area (Å²) in [5.74, 6) is 0.939. The molecule has 30 heavy (non-hydrogen) atoms. The number of benzene rings is 2. The third-order valence-corrected chi connectivity index (χ3v) is 5.87. The topological polar surface area (TPSA) is 25.4 Å². The molecular formula is C27H34N2O. The van der Waals surface area contributed by atoms with Gasteiger partial charge in [0, 0.05) is 29.9 Å². The fraction of sp³-hybridized carbons (Fsp3) is 0.370. The summed E-state index contributed by atoms with van der Waals surface area (Å²) in [7, 11) is 3.88. The maximum atomic E-state index is 5.51. The average Bonchev–Trinajstić information content (AvgIpc) is 2.75. The molecule has 0 N–H and O–H groups in total. The first-order valence-corrected chi connectivity index (χ1v) is 10.9. The zero-order valence-corrected chi connectivity index (χ0v) is 19.2. The Morgan fingerprint density at radius 3 is 2.10 bits per heavy atom. The summed E-state index contributed by atoms with van der Waals surface area (Å²) in [6.45, 7) is 10.5. The standard InChI is InChI=1S/C27H34N2O/c1-7-21-13-11-14-22(8-2)27(21)25-16-19(3)24(20(4)28-25)18-29(5)17-23-12-9-10-15-26(23)30-6/h9-16H,7-8,17-18H2,1-6H3. The SMILES string of the molecule is CCc1cccc(CC)c1-c1cc(C)c(CN(C)Cc2ccccc2OC)c(C)n1. The number of aryl methyl sites for hydroxylation is 4. The number of nitrogens with zero attached hydrogens (tertiary/aromatic N) is 2. The van der Waals surface area contributed by atoms with E-state index in [-0.39, 0.29) is 0 Å². The van der Waals surface area contributed by atoms with Gasteiger partial charge in [0.15, 0.2) is 0 Å². The Morgan fingerprint density at radius 1 is 0.867 bits per heavy atom. The van der Waals surface area contributed by atoms with Crippen molar-refractivity contribution >= 4 is 0 Å². The van der Waals surface area contributed by atoms with Crippen LogP contribution in [0.5, 0.6) is 5.75 Å². The highest BCUT2D eigenvalue weighted by molar-refractivity contribution is 5.69. The van der Waals surface area contributed by atoms with Gasteiger partial charge in [0.1, 0.15) is 5.75 Å². The van der Waals surface area contributed by atoms with Crippen molar-refractivity contribution in [3.05, 3.63) is 82.0 Å². The molecule has 1 aromatic heterocycles. The molecule has 0 aliphatic heterocycles. The number of aromatic nitrogens is 1. The largest absolute Gasteiger partial charge is 0.496 e. The summed E-state index contributed by atoms with van der Waals surface area (Å²) in [5.41, 5.74) is 10.1. The highest BCUT2D eigenvalue weighted by Gasteiger charge is 2.15. The molecule has 0 saturated heterocycles. The van der Waals surface area contributed by atoms with Crippen molar-refractivity contribution in [2.45, 2.75) is 53.6 Å². The van der Waals surface area contributed by atoms with Gasteiger partial charge in [-0.3, -0.25) is 9.88 Å². The maximum absolute atomic E-state index is 5.51. The number of para-hydroxylation sites is 1. The van der Waals surface area contributed by atoms with E-state index in [1.54, 1.807) is 7.11 Å². The monoisotopic (exact) mass is 402 g/mol. The fourth-order valence-electron chi connectivity index (χ4n) is 4.25. The molecule has 0 atom stereocenters. The number of methoxy groups -OCH3 is 1. The smallest absolute Gasteiger partial charge is 0.123 e. The molecule has 3 rings (SSSR count). The highest BCUT2D eigenvalue weighted by Crippen LogP contribution is 2.30. The van der Waals surface area contributed by atoms with Crippen molar-refractivity contribution in [1.29, 1.82) is 0 Å². The zero-order chi connectivity index (χ0) is 21.7.